The third kappa shape index (κ3) is 3.56. The van der Waals surface area contributed by atoms with Crippen LogP contribution in [0.5, 0.6) is 0 Å². The van der Waals surface area contributed by atoms with Crippen molar-refractivity contribution in [3.05, 3.63) is 63.8 Å². The molecular weight excluding hydrogens is 481 g/mol. The molecule has 0 saturated carbocycles. The summed E-state index contributed by atoms with van der Waals surface area (Å²) < 4.78 is 68.7. The van der Waals surface area contributed by atoms with Gasteiger partial charge in [0, 0.05) is 21.6 Å². The first-order valence-corrected chi connectivity index (χ1v) is 11.6. The van der Waals surface area contributed by atoms with Gasteiger partial charge >= 0.3 is 6.18 Å². The van der Waals surface area contributed by atoms with Crippen molar-refractivity contribution >= 4 is 36.9 Å². The molecule has 0 amide bonds. The van der Waals surface area contributed by atoms with Crippen molar-refractivity contribution < 1.29 is 21.6 Å². The maximum Gasteiger partial charge on any atom is 0.416 e. The van der Waals surface area contributed by atoms with Gasteiger partial charge in [-0.15, -0.1) is 0 Å². The van der Waals surface area contributed by atoms with Crippen LogP contribution in [0.4, 0.5) is 13.2 Å². The predicted octanol–water partition coefficient (Wildman–Crippen LogP) is 5.08. The fraction of sp³-hybridized carbons (Fsp3) is 0.333. The molecule has 0 spiro atoms. The highest BCUT2D eigenvalue weighted by Crippen LogP contribution is 2.38. The predicted molar refractivity (Wildman–Crippen MR) is 113 cm³/mol. The van der Waals surface area contributed by atoms with Crippen molar-refractivity contribution in [1.82, 2.24) is 8.87 Å². The summed E-state index contributed by atoms with van der Waals surface area (Å²) in [7, 11) is -0.229. The van der Waals surface area contributed by atoms with Gasteiger partial charge in [-0.25, -0.2) is 12.4 Å². The van der Waals surface area contributed by atoms with Gasteiger partial charge in [-0.1, -0.05) is 22.0 Å². The SMILES string of the molecule is CN(C)C1CCc2c(c3cc(Br)ccc3n2S(=O)(=O)c2cccc(C(F)(F)F)c2)C1. The Bertz CT molecular complexity index is 1230. The van der Waals surface area contributed by atoms with Crippen molar-refractivity contribution in [3.63, 3.8) is 0 Å². The quantitative estimate of drug-likeness (QED) is 0.503. The van der Waals surface area contributed by atoms with Crippen molar-refractivity contribution in [2.75, 3.05) is 14.1 Å². The summed E-state index contributed by atoms with van der Waals surface area (Å²) in [6, 6.07) is 9.53. The lowest BCUT2D eigenvalue weighted by atomic mass is 9.91. The van der Waals surface area contributed by atoms with Crippen LogP contribution in [0.2, 0.25) is 0 Å². The Morgan fingerprint density at radius 3 is 2.53 bits per heavy atom. The summed E-state index contributed by atoms with van der Waals surface area (Å²) in [5.41, 5.74) is 1.09. The van der Waals surface area contributed by atoms with Crippen LogP contribution in [0.1, 0.15) is 23.2 Å². The number of fused-ring (bicyclic) bond motifs is 3. The van der Waals surface area contributed by atoms with Crippen LogP contribution < -0.4 is 0 Å². The Labute approximate surface area is 181 Å². The zero-order valence-corrected chi connectivity index (χ0v) is 18.8. The number of aromatic nitrogens is 1. The lowest BCUT2D eigenvalue weighted by Crippen LogP contribution is -2.34. The standard InChI is InChI=1S/C21H20BrF3N2O2S/c1-26(2)15-7-9-20-18(12-15)17-11-14(22)6-8-19(17)27(20)30(28,29)16-5-3-4-13(10-16)21(23,24)25/h3-6,8,10-11,15H,7,9,12H2,1-2H3. The highest BCUT2D eigenvalue weighted by molar-refractivity contribution is 9.10. The van der Waals surface area contributed by atoms with E-state index in [1.807, 2.05) is 20.2 Å². The molecule has 4 nitrogen and oxygen atoms in total. The van der Waals surface area contributed by atoms with Gasteiger partial charge in [0.05, 0.1) is 16.0 Å². The molecule has 1 atom stereocenters. The van der Waals surface area contributed by atoms with E-state index in [-0.39, 0.29) is 10.9 Å². The topological polar surface area (TPSA) is 42.3 Å². The first kappa shape index (κ1) is 21.4. The van der Waals surface area contributed by atoms with Crippen molar-refractivity contribution in [3.8, 4) is 0 Å². The summed E-state index contributed by atoms with van der Waals surface area (Å²) in [4.78, 5) is 1.75. The molecule has 0 bridgehead atoms. The van der Waals surface area contributed by atoms with E-state index in [0.29, 0.717) is 30.1 Å². The lowest BCUT2D eigenvalue weighted by Gasteiger charge is -2.29. The molecule has 1 unspecified atom stereocenters. The van der Waals surface area contributed by atoms with E-state index < -0.39 is 21.8 Å². The second-order valence-electron chi connectivity index (χ2n) is 7.74. The van der Waals surface area contributed by atoms with Gasteiger partial charge in [-0.2, -0.15) is 13.2 Å². The molecule has 0 aliphatic heterocycles. The van der Waals surface area contributed by atoms with Crippen LogP contribution in [-0.2, 0) is 29.0 Å². The molecule has 30 heavy (non-hydrogen) atoms. The average Bonchev–Trinajstić information content (AvgIpc) is 3.01. The molecule has 1 heterocycles. The summed E-state index contributed by atoms with van der Waals surface area (Å²) in [5.74, 6) is 0. The second kappa shape index (κ2) is 7.39. The van der Waals surface area contributed by atoms with Gasteiger partial charge < -0.3 is 4.90 Å². The number of likely N-dealkylation sites (N-methyl/N-ethyl adjacent to an activating group) is 1. The number of hydrogen-bond acceptors (Lipinski definition) is 3. The van der Waals surface area contributed by atoms with Crippen LogP contribution in [0.3, 0.4) is 0 Å². The maximum absolute atomic E-state index is 13.5. The monoisotopic (exact) mass is 500 g/mol. The van der Waals surface area contributed by atoms with Gasteiger partial charge in [-0.3, -0.25) is 0 Å². The van der Waals surface area contributed by atoms with E-state index in [9.17, 15) is 21.6 Å². The second-order valence-corrected chi connectivity index (χ2v) is 10.4. The van der Waals surface area contributed by atoms with Crippen LogP contribution in [0.25, 0.3) is 10.9 Å². The normalized spacial score (nSPS) is 17.5. The number of halogens is 4. The summed E-state index contributed by atoms with van der Waals surface area (Å²) in [5, 5.41) is 0.807. The number of nitrogens with zero attached hydrogens (tertiary/aromatic N) is 2. The smallest absolute Gasteiger partial charge is 0.306 e. The minimum absolute atomic E-state index is 0.270. The van der Waals surface area contributed by atoms with Gasteiger partial charge in [0.15, 0.2) is 0 Å². The fourth-order valence-electron chi connectivity index (χ4n) is 4.13. The Morgan fingerprint density at radius 1 is 1.13 bits per heavy atom. The molecule has 3 aromatic rings. The van der Waals surface area contributed by atoms with Crippen LogP contribution in [0, 0.1) is 0 Å². The van der Waals surface area contributed by atoms with Crippen molar-refractivity contribution in [1.29, 1.82) is 0 Å². The van der Waals surface area contributed by atoms with E-state index in [1.54, 1.807) is 12.1 Å². The third-order valence-electron chi connectivity index (χ3n) is 5.68. The average molecular weight is 501 g/mol. The molecule has 0 N–H and O–H groups in total. The third-order valence-corrected chi connectivity index (χ3v) is 7.92. The van der Waals surface area contributed by atoms with Gasteiger partial charge in [-0.05, 0) is 75.3 Å². The molecular formula is C21H20BrF3N2O2S. The largest absolute Gasteiger partial charge is 0.416 e. The Balaban J connectivity index is 1.96. The molecule has 1 aliphatic carbocycles. The highest BCUT2D eigenvalue weighted by Gasteiger charge is 2.34. The number of benzene rings is 2. The summed E-state index contributed by atoms with van der Waals surface area (Å²) in [6.45, 7) is 0. The molecule has 1 aliphatic rings. The zero-order chi connectivity index (χ0) is 21.8. The molecule has 0 radical (unpaired) electrons. The molecule has 0 fully saturated rings. The first-order valence-electron chi connectivity index (χ1n) is 9.41. The van der Waals surface area contributed by atoms with Crippen molar-refractivity contribution in [2.45, 2.75) is 36.4 Å². The van der Waals surface area contributed by atoms with Crippen molar-refractivity contribution in [2.24, 2.45) is 0 Å². The van der Waals surface area contributed by atoms with E-state index in [0.717, 1.165) is 34.0 Å². The first-order chi connectivity index (χ1) is 14.0. The van der Waals surface area contributed by atoms with E-state index in [1.165, 1.54) is 10.0 Å². The van der Waals surface area contributed by atoms with E-state index >= 15 is 0 Å². The molecule has 9 heteroatoms. The van der Waals surface area contributed by atoms with Gasteiger partial charge in [0.2, 0.25) is 0 Å². The van der Waals surface area contributed by atoms with Crippen LogP contribution >= 0.6 is 15.9 Å². The number of alkyl halides is 3. The Hall–Kier alpha value is -1.84. The number of hydrogen-bond donors (Lipinski definition) is 0. The Kier molecular flexibility index (Phi) is 5.27. The van der Waals surface area contributed by atoms with Gasteiger partial charge in [0.25, 0.3) is 10.0 Å². The van der Waals surface area contributed by atoms with Crippen LogP contribution in [-0.4, -0.2) is 37.4 Å². The molecule has 160 valence electrons. The minimum Gasteiger partial charge on any atom is -0.306 e. The lowest BCUT2D eigenvalue weighted by molar-refractivity contribution is -0.137. The zero-order valence-electron chi connectivity index (χ0n) is 16.4. The van der Waals surface area contributed by atoms with E-state index in [4.69, 9.17) is 0 Å². The van der Waals surface area contributed by atoms with Crippen LogP contribution in [0.15, 0.2) is 51.8 Å². The minimum atomic E-state index is -4.62. The molecule has 1 aromatic heterocycles. The van der Waals surface area contributed by atoms with E-state index in [2.05, 4.69) is 20.8 Å². The van der Waals surface area contributed by atoms with Gasteiger partial charge in [0.1, 0.15) is 0 Å². The fourth-order valence-corrected chi connectivity index (χ4v) is 6.13. The molecule has 4 rings (SSSR count). The number of rotatable bonds is 3. The summed E-state index contributed by atoms with van der Waals surface area (Å²) in [6.07, 6.45) is -2.63. The summed E-state index contributed by atoms with van der Waals surface area (Å²) >= 11 is 3.45. The Morgan fingerprint density at radius 2 is 1.87 bits per heavy atom. The maximum atomic E-state index is 13.5. The molecule has 2 aromatic carbocycles. The highest BCUT2D eigenvalue weighted by atomic mass is 79.9. The molecule has 0 saturated heterocycles.